The highest BCUT2D eigenvalue weighted by molar-refractivity contribution is 5.96. The normalized spacial score (nSPS) is 20.8. The fraction of sp³-hybridized carbons (Fsp3) is 0.380. The summed E-state index contributed by atoms with van der Waals surface area (Å²) in [6.07, 6.45) is 1.22. The van der Waals surface area contributed by atoms with Crippen LogP contribution in [0.25, 0.3) is 0 Å². The molecule has 0 bridgehead atoms. The predicted molar refractivity (Wildman–Crippen MR) is 343 cm³/mol. The molecule has 6 N–H and O–H groups in total. The van der Waals surface area contributed by atoms with Crippen LogP contribution in [-0.4, -0.2) is 156 Å². The van der Waals surface area contributed by atoms with Gasteiger partial charge in [0.2, 0.25) is 35.4 Å². The Hall–Kier alpha value is -9.40. The van der Waals surface area contributed by atoms with Gasteiger partial charge in [-0.2, -0.15) is 0 Å². The summed E-state index contributed by atoms with van der Waals surface area (Å²) in [7, 11) is 3.27. The lowest BCUT2D eigenvalue weighted by Gasteiger charge is -2.38. The van der Waals surface area contributed by atoms with Gasteiger partial charge in [0.05, 0.1) is 37.3 Å². The molecule has 20 nitrogen and oxygen atoms in total. The molecule has 20 heteroatoms. The van der Waals surface area contributed by atoms with Crippen LogP contribution in [0.15, 0.2) is 170 Å². The molecule has 91 heavy (non-hydrogen) atoms. The van der Waals surface area contributed by atoms with E-state index in [1.807, 2.05) is 159 Å². The molecular weight excluding hydrogens is 1150 g/mol. The number of hydrogen-bond acceptors (Lipinski definition) is 12. The Bertz CT molecular complexity index is 3220. The van der Waals surface area contributed by atoms with Crippen molar-refractivity contribution in [3.05, 3.63) is 203 Å². The zero-order valence-electron chi connectivity index (χ0n) is 52.4. The SMILES string of the molecule is CN[C@@H](C)C(=O)N[C@H]1CN(C(=O)Oc2ccc(C(C)(C)c3ccc(OC(=O)N4CC[C@H]5CC[C@@H](C(=O)NC(c6ccccc6)c6ccccc6)N5C(=O)[C@@H](NC(=O)[C@H](C)NC)C4)cc3)cc2)CC[C@H]2CC[C@@H](C(=O)NC(c3ccccc3)c3ccccc3)N2C1=O. The number of fused-ring (bicyclic) bond motifs is 2. The van der Waals surface area contributed by atoms with Crippen LogP contribution in [0.5, 0.6) is 11.5 Å². The molecule has 6 aromatic carbocycles. The van der Waals surface area contributed by atoms with Crippen molar-refractivity contribution in [2.45, 2.75) is 132 Å². The zero-order chi connectivity index (χ0) is 64.3. The van der Waals surface area contributed by atoms with Gasteiger partial charge in [0.1, 0.15) is 35.7 Å². The van der Waals surface area contributed by atoms with Gasteiger partial charge >= 0.3 is 12.2 Å². The van der Waals surface area contributed by atoms with E-state index in [1.165, 1.54) is 9.80 Å². The van der Waals surface area contributed by atoms with Crippen LogP contribution in [0.3, 0.4) is 0 Å². The summed E-state index contributed by atoms with van der Waals surface area (Å²) in [4.78, 5) is 120. The molecule has 4 aliphatic rings. The van der Waals surface area contributed by atoms with Gasteiger partial charge in [-0.3, -0.25) is 28.8 Å². The van der Waals surface area contributed by atoms with E-state index in [-0.39, 0.29) is 61.6 Å². The van der Waals surface area contributed by atoms with E-state index in [4.69, 9.17) is 9.47 Å². The maximum Gasteiger partial charge on any atom is 0.415 e. The first-order chi connectivity index (χ1) is 43.9. The van der Waals surface area contributed by atoms with E-state index in [2.05, 4.69) is 31.9 Å². The van der Waals surface area contributed by atoms with Crippen LogP contribution in [0.1, 0.15) is 112 Å². The molecule has 0 unspecified atom stereocenters. The molecule has 4 aliphatic heterocycles. The lowest BCUT2D eigenvalue weighted by atomic mass is 9.78. The molecular formula is C71H82N10O10. The van der Waals surface area contributed by atoms with E-state index < -0.39 is 89.6 Å². The Kier molecular flexibility index (Phi) is 20.6. The number of carbonyl (C=O) groups excluding carboxylic acids is 8. The van der Waals surface area contributed by atoms with Crippen LogP contribution in [0.2, 0.25) is 0 Å². The minimum atomic E-state index is -1.18. The molecule has 476 valence electrons. The smallest absolute Gasteiger partial charge is 0.410 e. The Balaban J connectivity index is 0.777. The van der Waals surface area contributed by atoms with Crippen molar-refractivity contribution in [2.75, 3.05) is 40.3 Å². The third-order valence-electron chi connectivity index (χ3n) is 18.5. The maximum atomic E-state index is 14.8. The van der Waals surface area contributed by atoms with E-state index in [9.17, 15) is 38.4 Å². The average Bonchev–Trinajstić information content (AvgIpc) is 1.87. The summed E-state index contributed by atoms with van der Waals surface area (Å²) in [5, 5.41) is 18.0. The third-order valence-corrected chi connectivity index (χ3v) is 18.5. The van der Waals surface area contributed by atoms with Gasteiger partial charge in [-0.05, 0) is 124 Å². The van der Waals surface area contributed by atoms with Gasteiger partial charge in [-0.15, -0.1) is 0 Å². The highest BCUT2D eigenvalue weighted by Gasteiger charge is 2.48. The fourth-order valence-electron chi connectivity index (χ4n) is 12.8. The van der Waals surface area contributed by atoms with E-state index >= 15 is 0 Å². The Morgan fingerprint density at radius 3 is 1.08 bits per heavy atom. The number of ether oxygens (including phenoxy) is 2. The second-order valence-electron chi connectivity index (χ2n) is 24.5. The van der Waals surface area contributed by atoms with Crippen LogP contribution < -0.4 is 41.4 Å². The van der Waals surface area contributed by atoms with Gasteiger partial charge in [-0.1, -0.05) is 159 Å². The van der Waals surface area contributed by atoms with Crippen LogP contribution >= 0.6 is 0 Å². The van der Waals surface area contributed by atoms with E-state index in [0.29, 0.717) is 38.5 Å². The minimum absolute atomic E-state index is 0.190. The van der Waals surface area contributed by atoms with Gasteiger partial charge < -0.3 is 61.0 Å². The maximum absolute atomic E-state index is 14.8. The van der Waals surface area contributed by atoms with Crippen molar-refractivity contribution < 1.29 is 47.8 Å². The molecule has 4 saturated heterocycles. The highest BCUT2D eigenvalue weighted by Crippen LogP contribution is 2.36. The first kappa shape index (κ1) is 64.6. The summed E-state index contributed by atoms with van der Waals surface area (Å²) >= 11 is 0. The molecule has 8 atom stereocenters. The number of hydrogen-bond donors (Lipinski definition) is 6. The molecule has 0 spiro atoms. The minimum Gasteiger partial charge on any atom is -0.410 e. The van der Waals surface area contributed by atoms with Crippen molar-refractivity contribution in [3.63, 3.8) is 0 Å². The van der Waals surface area contributed by atoms with E-state index in [1.54, 1.807) is 62.0 Å². The van der Waals surface area contributed by atoms with Crippen LogP contribution in [0, 0.1) is 0 Å². The number of carbonyl (C=O) groups is 8. The topological polar surface area (TPSA) is 240 Å². The van der Waals surface area contributed by atoms with Crippen molar-refractivity contribution in [1.29, 1.82) is 0 Å². The second kappa shape index (κ2) is 29.0. The van der Waals surface area contributed by atoms with Gasteiger partial charge in [0.15, 0.2) is 0 Å². The predicted octanol–water partition coefficient (Wildman–Crippen LogP) is 7.14. The Morgan fingerprint density at radius 2 is 0.769 bits per heavy atom. The molecule has 0 aliphatic carbocycles. The zero-order valence-corrected chi connectivity index (χ0v) is 52.4. The quantitative estimate of drug-likeness (QED) is 0.0504. The highest BCUT2D eigenvalue weighted by atomic mass is 16.6. The lowest BCUT2D eigenvalue weighted by Crippen LogP contribution is -2.62. The summed E-state index contributed by atoms with van der Waals surface area (Å²) in [6.45, 7) is 7.42. The summed E-state index contributed by atoms with van der Waals surface area (Å²) in [5.74, 6) is -1.87. The number of amides is 8. The Labute approximate surface area is 531 Å². The molecule has 6 aromatic rings. The summed E-state index contributed by atoms with van der Waals surface area (Å²) in [5.41, 5.74) is 4.73. The van der Waals surface area contributed by atoms with Crippen molar-refractivity contribution in [3.8, 4) is 11.5 Å². The molecule has 0 aromatic heterocycles. The molecule has 4 heterocycles. The van der Waals surface area contributed by atoms with Gasteiger partial charge in [0, 0.05) is 30.6 Å². The van der Waals surface area contributed by atoms with Crippen LogP contribution in [0.4, 0.5) is 9.59 Å². The lowest BCUT2D eigenvalue weighted by molar-refractivity contribution is -0.145. The molecule has 0 saturated carbocycles. The molecule has 0 radical (unpaired) electrons. The van der Waals surface area contributed by atoms with Crippen LogP contribution in [-0.2, 0) is 34.2 Å². The largest absolute Gasteiger partial charge is 0.415 e. The first-order valence-corrected chi connectivity index (χ1v) is 31.5. The van der Waals surface area contributed by atoms with Crippen molar-refractivity contribution in [1.82, 2.24) is 51.5 Å². The number of rotatable bonds is 18. The molecule has 8 amide bonds. The fourth-order valence-corrected chi connectivity index (χ4v) is 12.8. The number of nitrogens with zero attached hydrogens (tertiary/aromatic N) is 4. The Morgan fingerprint density at radius 1 is 0.451 bits per heavy atom. The van der Waals surface area contributed by atoms with Gasteiger partial charge in [-0.25, -0.2) is 9.59 Å². The summed E-state index contributed by atoms with van der Waals surface area (Å²) < 4.78 is 12.0. The first-order valence-electron chi connectivity index (χ1n) is 31.5. The third kappa shape index (κ3) is 14.9. The number of benzene rings is 6. The number of likely N-dealkylation sites (N-methyl/N-ethyl adjacent to an activating group) is 2. The molecule has 4 fully saturated rings. The van der Waals surface area contributed by atoms with E-state index in [0.717, 1.165) is 33.4 Å². The van der Waals surface area contributed by atoms with Crippen molar-refractivity contribution >= 4 is 47.6 Å². The molecule has 10 rings (SSSR count). The second-order valence-corrected chi connectivity index (χ2v) is 24.5. The summed E-state index contributed by atoms with van der Waals surface area (Å²) in [6, 6.07) is 45.9. The van der Waals surface area contributed by atoms with Crippen molar-refractivity contribution in [2.24, 2.45) is 0 Å². The monoisotopic (exact) mass is 1230 g/mol. The standard InChI is InChI=1S/C71H82N10O10/c1-45(72-5)63(82)74-57-43-78(41-39-53-31-37-59(80(53)67(57)86)65(84)76-61(47-19-11-7-12-20-47)48-21-13-8-14-22-48)69(88)90-55-33-27-51(28-34-55)71(3,4)52-29-35-56(36-30-52)91-70(89)79-42-40-54-32-38-60(81(54)68(87)58(44-79)75-64(83)46(2)73-6)66(85)77-62(49-23-15-9-16-24-49)50-25-17-10-18-26-50/h7-30,33-36,45-46,53-54,57-62,72-73H,31-32,37-44H2,1-6H3,(H,74,82)(H,75,83)(H,76,84)(H,77,85)/t45-,46-,53+,54+,57-,58-,59-,60-/m0/s1. The van der Waals surface area contributed by atoms with Gasteiger partial charge in [0.25, 0.3) is 0 Å². The number of nitrogens with one attached hydrogen (secondary N) is 6. The average molecular weight is 1240 g/mol.